The Balaban J connectivity index is 2.04. The van der Waals surface area contributed by atoms with Crippen LogP contribution in [0, 0.1) is 6.92 Å². The highest BCUT2D eigenvalue weighted by Crippen LogP contribution is 2.00. The van der Waals surface area contributed by atoms with E-state index in [1.165, 1.54) is 4.68 Å². The predicted molar refractivity (Wildman–Crippen MR) is 60.7 cm³/mol. The van der Waals surface area contributed by atoms with Crippen molar-refractivity contribution in [1.82, 2.24) is 29.8 Å². The average Bonchev–Trinajstić information content (AvgIpc) is 2.95. The van der Waals surface area contributed by atoms with E-state index in [9.17, 15) is 4.79 Å². The zero-order chi connectivity index (χ0) is 13.0. The third-order valence-corrected chi connectivity index (χ3v) is 2.47. The van der Waals surface area contributed by atoms with Gasteiger partial charge in [-0.25, -0.2) is 14.5 Å². The molecular weight excluding hydrogens is 236 g/mol. The molecule has 18 heavy (non-hydrogen) atoms. The summed E-state index contributed by atoms with van der Waals surface area (Å²) in [6.45, 7) is 5.07. The maximum atomic E-state index is 11.6. The van der Waals surface area contributed by atoms with Gasteiger partial charge in [-0.2, -0.15) is 0 Å². The van der Waals surface area contributed by atoms with E-state index in [4.69, 9.17) is 4.74 Å². The summed E-state index contributed by atoms with van der Waals surface area (Å²) in [5.41, 5.74) is 0. The minimum absolute atomic E-state index is 0.120. The molecule has 0 spiro atoms. The van der Waals surface area contributed by atoms with Crippen molar-refractivity contribution in [1.29, 1.82) is 0 Å². The Morgan fingerprint density at radius 3 is 2.94 bits per heavy atom. The Bertz CT molecular complexity index is 532. The first-order chi connectivity index (χ1) is 8.72. The van der Waals surface area contributed by atoms with E-state index in [0.29, 0.717) is 19.7 Å². The lowest BCUT2D eigenvalue weighted by Crippen LogP contribution is -2.17. The monoisotopic (exact) mass is 250 g/mol. The molecule has 0 N–H and O–H groups in total. The molecule has 8 heteroatoms. The molecule has 0 aromatic carbocycles. The molecule has 0 aliphatic carbocycles. The number of aromatic nitrogens is 6. The summed E-state index contributed by atoms with van der Waals surface area (Å²) < 4.78 is 8.25. The number of ether oxygens (including phenoxy) is 1. The van der Waals surface area contributed by atoms with Gasteiger partial charge in [0.25, 0.3) is 5.82 Å². The first-order valence-electron chi connectivity index (χ1n) is 5.63. The molecule has 0 atom stereocenters. The fourth-order valence-corrected chi connectivity index (χ4v) is 1.54. The SMILES string of the molecule is CCOC(=O)c1nnnn1CCn1ccnc1C. The number of tetrazole rings is 1. The van der Waals surface area contributed by atoms with E-state index in [0.717, 1.165) is 5.82 Å². The largest absolute Gasteiger partial charge is 0.460 e. The Hall–Kier alpha value is -2.25. The van der Waals surface area contributed by atoms with Crippen LogP contribution in [0.25, 0.3) is 0 Å². The Kier molecular flexibility index (Phi) is 3.66. The van der Waals surface area contributed by atoms with Crippen molar-refractivity contribution >= 4 is 5.97 Å². The van der Waals surface area contributed by atoms with E-state index in [1.54, 1.807) is 13.1 Å². The van der Waals surface area contributed by atoms with Crippen LogP contribution in [0.4, 0.5) is 0 Å². The number of rotatable bonds is 5. The van der Waals surface area contributed by atoms with E-state index in [-0.39, 0.29) is 5.82 Å². The molecular formula is C10H14N6O2. The van der Waals surface area contributed by atoms with Gasteiger partial charge in [-0.1, -0.05) is 0 Å². The fraction of sp³-hybridized carbons (Fsp3) is 0.500. The summed E-state index contributed by atoms with van der Waals surface area (Å²) >= 11 is 0. The maximum Gasteiger partial charge on any atom is 0.378 e. The van der Waals surface area contributed by atoms with Crippen LogP contribution < -0.4 is 0 Å². The molecule has 0 aliphatic heterocycles. The number of carbonyl (C=O) groups excluding carboxylic acids is 1. The second-order valence-electron chi connectivity index (χ2n) is 3.61. The van der Waals surface area contributed by atoms with Crippen LogP contribution in [0.3, 0.4) is 0 Å². The quantitative estimate of drug-likeness (QED) is 0.697. The standard InChI is InChI=1S/C10H14N6O2/c1-3-18-10(17)9-12-13-14-16(9)7-6-15-5-4-11-8(15)2/h4-5H,3,6-7H2,1-2H3. The number of imidazole rings is 1. The van der Waals surface area contributed by atoms with Crippen LogP contribution >= 0.6 is 0 Å². The van der Waals surface area contributed by atoms with E-state index < -0.39 is 5.97 Å². The highest BCUT2D eigenvalue weighted by Gasteiger charge is 2.16. The van der Waals surface area contributed by atoms with Gasteiger partial charge in [0.15, 0.2) is 0 Å². The van der Waals surface area contributed by atoms with Gasteiger partial charge in [0.1, 0.15) is 5.82 Å². The normalized spacial score (nSPS) is 10.6. The smallest absolute Gasteiger partial charge is 0.378 e. The van der Waals surface area contributed by atoms with Crippen molar-refractivity contribution in [2.24, 2.45) is 0 Å². The molecule has 0 unspecified atom stereocenters. The molecule has 0 amide bonds. The molecule has 2 heterocycles. The number of hydrogen-bond acceptors (Lipinski definition) is 6. The van der Waals surface area contributed by atoms with E-state index in [1.807, 2.05) is 17.7 Å². The van der Waals surface area contributed by atoms with Crippen molar-refractivity contribution in [3.63, 3.8) is 0 Å². The number of esters is 1. The van der Waals surface area contributed by atoms with Crippen LogP contribution in [0.2, 0.25) is 0 Å². The zero-order valence-electron chi connectivity index (χ0n) is 10.3. The van der Waals surface area contributed by atoms with Crippen LogP contribution in [-0.2, 0) is 17.8 Å². The van der Waals surface area contributed by atoms with Crippen LogP contribution in [0.15, 0.2) is 12.4 Å². The molecule has 8 nitrogen and oxygen atoms in total. The molecule has 2 aromatic rings. The fourth-order valence-electron chi connectivity index (χ4n) is 1.54. The number of nitrogens with zero attached hydrogens (tertiary/aromatic N) is 6. The summed E-state index contributed by atoms with van der Waals surface area (Å²) in [5.74, 6) is 0.514. The summed E-state index contributed by atoms with van der Waals surface area (Å²) in [6.07, 6.45) is 3.59. The van der Waals surface area contributed by atoms with E-state index >= 15 is 0 Å². The molecule has 0 bridgehead atoms. The van der Waals surface area contributed by atoms with Gasteiger partial charge in [0.2, 0.25) is 0 Å². The van der Waals surface area contributed by atoms with Crippen molar-refractivity contribution in [2.45, 2.75) is 26.9 Å². The predicted octanol–water partition coefficient (Wildman–Crippen LogP) is 0.0549. The molecule has 0 saturated heterocycles. The maximum absolute atomic E-state index is 11.6. The van der Waals surface area contributed by atoms with Crippen LogP contribution in [-0.4, -0.2) is 42.3 Å². The van der Waals surface area contributed by atoms with Gasteiger partial charge < -0.3 is 9.30 Å². The first kappa shape index (κ1) is 12.2. The van der Waals surface area contributed by atoms with Gasteiger partial charge in [-0.15, -0.1) is 5.10 Å². The number of carbonyl (C=O) groups is 1. The molecule has 96 valence electrons. The number of aryl methyl sites for hydroxylation is 3. The second-order valence-corrected chi connectivity index (χ2v) is 3.61. The van der Waals surface area contributed by atoms with Crippen LogP contribution in [0.5, 0.6) is 0 Å². The molecule has 2 rings (SSSR count). The molecule has 0 fully saturated rings. The second kappa shape index (κ2) is 5.39. The van der Waals surface area contributed by atoms with Crippen molar-refractivity contribution in [3.8, 4) is 0 Å². The third kappa shape index (κ3) is 2.53. The van der Waals surface area contributed by atoms with Gasteiger partial charge in [-0.3, -0.25) is 0 Å². The molecule has 0 aliphatic rings. The topological polar surface area (TPSA) is 87.7 Å². The van der Waals surface area contributed by atoms with Gasteiger partial charge >= 0.3 is 5.97 Å². The third-order valence-electron chi connectivity index (χ3n) is 2.47. The summed E-state index contributed by atoms with van der Waals surface area (Å²) in [7, 11) is 0. The van der Waals surface area contributed by atoms with Gasteiger partial charge in [-0.05, 0) is 24.3 Å². The molecule has 0 radical (unpaired) electrons. The minimum Gasteiger partial charge on any atom is -0.460 e. The molecule has 2 aromatic heterocycles. The van der Waals surface area contributed by atoms with Crippen molar-refractivity contribution in [2.75, 3.05) is 6.61 Å². The number of hydrogen-bond donors (Lipinski definition) is 0. The van der Waals surface area contributed by atoms with Gasteiger partial charge in [0.05, 0.1) is 13.2 Å². The van der Waals surface area contributed by atoms with Crippen LogP contribution in [0.1, 0.15) is 23.4 Å². The Labute approximate surface area is 104 Å². The summed E-state index contributed by atoms with van der Waals surface area (Å²) in [4.78, 5) is 15.7. The summed E-state index contributed by atoms with van der Waals surface area (Å²) in [5, 5.41) is 10.9. The Morgan fingerprint density at radius 1 is 1.44 bits per heavy atom. The summed E-state index contributed by atoms with van der Waals surface area (Å²) in [6, 6.07) is 0. The lowest BCUT2D eigenvalue weighted by Gasteiger charge is -2.06. The van der Waals surface area contributed by atoms with Gasteiger partial charge in [0, 0.05) is 18.9 Å². The lowest BCUT2D eigenvalue weighted by atomic mass is 10.5. The lowest BCUT2D eigenvalue weighted by molar-refractivity contribution is 0.0504. The highest BCUT2D eigenvalue weighted by atomic mass is 16.5. The molecule has 0 saturated carbocycles. The zero-order valence-corrected chi connectivity index (χ0v) is 10.3. The van der Waals surface area contributed by atoms with Crippen molar-refractivity contribution < 1.29 is 9.53 Å². The Morgan fingerprint density at radius 2 is 2.28 bits per heavy atom. The first-order valence-corrected chi connectivity index (χ1v) is 5.63. The van der Waals surface area contributed by atoms with Crippen molar-refractivity contribution in [3.05, 3.63) is 24.0 Å². The minimum atomic E-state index is -0.509. The highest BCUT2D eigenvalue weighted by molar-refractivity contribution is 5.85. The average molecular weight is 250 g/mol. The van der Waals surface area contributed by atoms with E-state index in [2.05, 4.69) is 20.5 Å².